The summed E-state index contributed by atoms with van der Waals surface area (Å²) in [5.41, 5.74) is 29.6. The molecule has 51 nitrogen and oxygen atoms in total. The summed E-state index contributed by atoms with van der Waals surface area (Å²) >= 11 is 4.19. The number of aromatic hydroxyl groups is 2. The number of hydrogen-bond donors (Lipinski definition) is 31. The van der Waals surface area contributed by atoms with E-state index in [1.54, 1.807) is 71.9 Å². The molecule has 0 fully saturated rings. The molecule has 0 aromatic heterocycles. The van der Waals surface area contributed by atoms with Crippen molar-refractivity contribution in [2.75, 3.05) is 38.7 Å². The Morgan fingerprint density at radius 2 is 0.636 bits per heavy atom. The molecule has 35 N–H and O–H groups in total. The SMILES string of the molecule is CC(C)C[C@H](NC(=O)[C@H](CCC(N)=O)NC(=O)[C@H](CS)NC(=O)[C@H](CO)NC(=O)[C@H](CC(C)C)NC(=O)[C@H](CCC(=O)O)NC(=O)[C@H](CO)NC(=O)[C@H](CC(N)=O)NC(=O)[C@@H](NC(=O)[C@@H](NC(=O)[C@H](Cc1ccc(O)cc1)NC(=O)[C@@H](N)Cc1ccccc1)C(C)C)C(C)C)C(=O)N[C@@H](Cc1ccc(O)cc1)C(=O)N[C@@H](CCC(N)=O)C(=O)N[C@@H](CCCNC(=N)N)C(=O)N[C@@H](CO)C(=O)NCC(=O)O. The maximum atomic E-state index is 14.7. The number of carboxylic acids is 2. The second-order valence-electron chi connectivity index (χ2n) is 34.5. The Labute approximate surface area is 811 Å². The van der Waals surface area contributed by atoms with Gasteiger partial charge in [0, 0.05) is 44.4 Å². The van der Waals surface area contributed by atoms with Crippen LogP contribution in [0.25, 0.3) is 0 Å². The molecule has 19 amide bonds. The first-order chi connectivity index (χ1) is 65.8. The molecule has 0 saturated heterocycles. The molecule has 3 aromatic carbocycles. The molecule has 0 heterocycles. The highest BCUT2D eigenvalue weighted by Crippen LogP contribution is 2.19. The zero-order valence-electron chi connectivity index (χ0n) is 78.7. The molecule has 0 radical (unpaired) electrons. The number of benzene rings is 3. The van der Waals surface area contributed by atoms with Crippen molar-refractivity contribution in [3.05, 3.63) is 95.6 Å². The quantitative estimate of drug-likeness (QED) is 0.0108. The summed E-state index contributed by atoms with van der Waals surface area (Å²) in [5, 5.41) is 118. The van der Waals surface area contributed by atoms with Gasteiger partial charge in [0.1, 0.15) is 109 Å². The fourth-order valence-corrected chi connectivity index (χ4v) is 13.8. The maximum Gasteiger partial charge on any atom is 0.322 e. The molecule has 774 valence electrons. The lowest BCUT2D eigenvalue weighted by atomic mass is 9.98. The van der Waals surface area contributed by atoms with Gasteiger partial charge >= 0.3 is 11.9 Å². The van der Waals surface area contributed by atoms with Crippen molar-refractivity contribution in [2.45, 2.75) is 242 Å². The lowest BCUT2D eigenvalue weighted by Gasteiger charge is -2.30. The number of nitrogens with one attached hydrogen (secondary N) is 18. The van der Waals surface area contributed by atoms with Crippen molar-refractivity contribution >= 4 is 143 Å². The van der Waals surface area contributed by atoms with Gasteiger partial charge in [0.05, 0.1) is 32.3 Å². The minimum atomic E-state index is -2.09. The van der Waals surface area contributed by atoms with Crippen molar-refractivity contribution in [3.63, 3.8) is 0 Å². The molecule has 0 saturated carbocycles. The molecule has 0 bridgehead atoms. The number of hydrogen-bond acceptors (Lipinski definition) is 29. The number of carboxylic acid groups (broad SMARTS) is 2. The van der Waals surface area contributed by atoms with Gasteiger partial charge in [-0.2, -0.15) is 12.6 Å². The predicted octanol–water partition coefficient (Wildman–Crippen LogP) is -9.23. The number of phenols is 2. The number of phenolic OH excluding ortho intramolecular Hbond substituents is 2. The van der Waals surface area contributed by atoms with E-state index in [4.69, 9.17) is 39.2 Å². The fourth-order valence-electron chi connectivity index (χ4n) is 13.5. The summed E-state index contributed by atoms with van der Waals surface area (Å²) in [6.45, 7) is 7.91. The number of primary amides is 3. The average Bonchev–Trinajstić information content (AvgIpc) is 0.840. The smallest absolute Gasteiger partial charge is 0.322 e. The van der Waals surface area contributed by atoms with Gasteiger partial charge < -0.3 is 155 Å². The number of aliphatic hydroxyl groups is 3. The molecule has 0 unspecified atom stereocenters. The second kappa shape index (κ2) is 61.0. The highest BCUT2D eigenvalue weighted by Gasteiger charge is 2.41. The van der Waals surface area contributed by atoms with E-state index in [0.29, 0.717) is 5.56 Å². The molecular formula is C88H133N23O28S. The molecular weight excluding hydrogens is 1860 g/mol. The van der Waals surface area contributed by atoms with E-state index in [-0.39, 0.29) is 62.1 Å². The topological polar surface area (TPSA) is 859 Å². The first-order valence-corrected chi connectivity index (χ1v) is 45.4. The van der Waals surface area contributed by atoms with Crippen molar-refractivity contribution in [2.24, 2.45) is 52.3 Å². The van der Waals surface area contributed by atoms with Crippen LogP contribution in [0.5, 0.6) is 11.5 Å². The largest absolute Gasteiger partial charge is 0.508 e. The Morgan fingerprint density at radius 3 is 1.01 bits per heavy atom. The Kier molecular flexibility index (Phi) is 52.2. The van der Waals surface area contributed by atoms with E-state index in [0.717, 1.165) is 5.56 Å². The Balaban J connectivity index is 1.89. The fraction of sp³-hybridized carbons (Fsp3) is 0.545. The molecule has 52 heteroatoms. The standard InChI is InChI=1S/C88H133N23O28S/c1-42(2)31-56(78(130)104-58(34-47-16-20-49(115)21-17-47)80(132)98-53(24-27-65(90)117)75(127)97-52(15-12-30-95-88(93)94)74(126)106-61(38-112)73(125)96-37-69(122)123)102-76(128)54(25-28-66(91)118)100-85(137)64(41-140)109-84(136)63(40-114)107-79(131)57(32-43(3)4)103-77(129)55(26-29-68(120)121)99-83(135)62(39-113)108-81(133)60(36-67(92)119)105-86(138)70(44(5)6)111-87(139)71(45(7)8)110-82(134)59(35-48-18-22-50(116)23-19-48)101-72(124)51(89)33-46-13-10-9-11-14-46/h9-11,13-14,16-23,42-45,51-64,70-71,112-116,140H,12,15,24-41,89H2,1-8H3,(H2,90,117)(H2,91,118)(H2,92,119)(H,96,125)(H,97,127)(H,98,132)(H,99,135)(H,100,137)(H,101,124)(H,102,128)(H,103,129)(H,104,130)(H,105,138)(H,106,126)(H,107,131)(H,108,133)(H,109,136)(H,110,134)(H,111,139)(H,120,121)(H,122,123)(H4,93,94,95)/t51-,52-,53-,54-,55-,56-,57-,58-,59-,60-,61-,62-,63-,64-,70-,71-/m0/s1. The minimum Gasteiger partial charge on any atom is -0.508 e. The summed E-state index contributed by atoms with van der Waals surface area (Å²) in [5.74, 6) is -28.4. The first-order valence-electron chi connectivity index (χ1n) is 44.8. The molecule has 0 aliphatic rings. The van der Waals surface area contributed by atoms with E-state index >= 15 is 0 Å². The summed E-state index contributed by atoms with van der Waals surface area (Å²) in [6.07, 6.45) is -6.34. The zero-order valence-corrected chi connectivity index (χ0v) is 79.6. The predicted molar refractivity (Wildman–Crippen MR) is 502 cm³/mol. The van der Waals surface area contributed by atoms with Crippen LogP contribution in [0.2, 0.25) is 0 Å². The Hall–Kier alpha value is -14.4. The van der Waals surface area contributed by atoms with Crippen LogP contribution in [0, 0.1) is 29.1 Å². The lowest BCUT2D eigenvalue weighted by Crippen LogP contribution is -2.62. The summed E-state index contributed by atoms with van der Waals surface area (Å²) in [7, 11) is 0. The van der Waals surface area contributed by atoms with Crippen LogP contribution in [-0.2, 0) is 120 Å². The van der Waals surface area contributed by atoms with E-state index < -0.39 is 334 Å². The molecule has 0 aliphatic carbocycles. The lowest BCUT2D eigenvalue weighted by molar-refractivity contribution is -0.139. The van der Waals surface area contributed by atoms with Crippen LogP contribution < -0.4 is 119 Å². The van der Waals surface area contributed by atoms with Crippen LogP contribution in [0.1, 0.15) is 143 Å². The summed E-state index contributed by atoms with van der Waals surface area (Å²) < 4.78 is 0. The number of aliphatic carboxylic acids is 2. The minimum absolute atomic E-state index is 0.0255. The third kappa shape index (κ3) is 44.4. The molecule has 3 rings (SSSR count). The van der Waals surface area contributed by atoms with E-state index in [1.807, 2.05) is 5.32 Å². The average molecular weight is 1990 g/mol. The van der Waals surface area contributed by atoms with E-state index in [2.05, 4.69) is 97.7 Å². The van der Waals surface area contributed by atoms with Gasteiger partial charge in [-0.25, -0.2) is 0 Å². The van der Waals surface area contributed by atoms with Gasteiger partial charge in [-0.3, -0.25) is 106 Å². The van der Waals surface area contributed by atoms with Crippen LogP contribution in [0.3, 0.4) is 0 Å². The van der Waals surface area contributed by atoms with Crippen LogP contribution in [0.15, 0.2) is 78.9 Å². The van der Waals surface area contributed by atoms with Crippen molar-refractivity contribution in [3.8, 4) is 11.5 Å². The van der Waals surface area contributed by atoms with Gasteiger partial charge in [0.2, 0.25) is 112 Å². The molecule has 0 aliphatic heterocycles. The number of thiol groups is 1. The number of aliphatic hydroxyl groups excluding tert-OH is 3. The van der Waals surface area contributed by atoms with Crippen LogP contribution >= 0.6 is 12.6 Å². The highest BCUT2D eigenvalue weighted by molar-refractivity contribution is 7.80. The third-order valence-electron chi connectivity index (χ3n) is 21.1. The van der Waals surface area contributed by atoms with E-state index in [9.17, 15) is 131 Å². The second-order valence-corrected chi connectivity index (χ2v) is 34.9. The number of nitrogens with two attached hydrogens (primary N) is 5. The highest BCUT2D eigenvalue weighted by atomic mass is 32.1. The number of carbonyl (C=O) groups is 21. The van der Waals surface area contributed by atoms with Crippen molar-refractivity contribution in [1.29, 1.82) is 5.41 Å². The normalized spacial score (nSPS) is 14.6. The van der Waals surface area contributed by atoms with Crippen LogP contribution in [0.4, 0.5) is 0 Å². The number of amides is 19. The number of rotatable bonds is 64. The molecule has 0 spiro atoms. The van der Waals surface area contributed by atoms with E-state index in [1.165, 1.54) is 62.4 Å². The molecule has 140 heavy (non-hydrogen) atoms. The molecule has 16 atom stereocenters. The van der Waals surface area contributed by atoms with Crippen molar-refractivity contribution in [1.82, 2.24) is 90.4 Å². The third-order valence-corrected chi connectivity index (χ3v) is 21.4. The van der Waals surface area contributed by atoms with Gasteiger partial charge in [-0.1, -0.05) is 110 Å². The maximum absolute atomic E-state index is 14.7. The number of carbonyl (C=O) groups excluding carboxylic acids is 19. The van der Waals surface area contributed by atoms with Gasteiger partial charge in [0.15, 0.2) is 5.96 Å². The summed E-state index contributed by atoms with van der Waals surface area (Å²) in [6, 6.07) is -7.78. The molecule has 3 aromatic rings. The van der Waals surface area contributed by atoms with Crippen LogP contribution in [-0.4, -0.2) is 301 Å². The Bertz CT molecular complexity index is 4770. The van der Waals surface area contributed by atoms with Gasteiger partial charge in [-0.05, 0) is 116 Å². The monoisotopic (exact) mass is 1990 g/mol. The summed E-state index contributed by atoms with van der Waals surface area (Å²) in [4.78, 5) is 287. The first kappa shape index (κ1) is 120. The Morgan fingerprint density at radius 1 is 0.329 bits per heavy atom. The van der Waals surface area contributed by atoms with Gasteiger partial charge in [0.25, 0.3) is 0 Å². The van der Waals surface area contributed by atoms with Gasteiger partial charge in [-0.15, -0.1) is 0 Å². The van der Waals surface area contributed by atoms with Crippen molar-refractivity contribution < 1.29 is 136 Å². The number of guanidine groups is 1. The zero-order chi connectivity index (χ0) is 105.